The number of ether oxygens (including phenoxy) is 1. The molecule has 2 aliphatic heterocycles. The van der Waals surface area contributed by atoms with Crippen LogP contribution in [0.3, 0.4) is 0 Å². The molecule has 0 radical (unpaired) electrons. The number of rotatable bonds is 3. The lowest BCUT2D eigenvalue weighted by molar-refractivity contribution is -0.486. The number of hydrogen-bond donors (Lipinski definition) is 0. The Balaban J connectivity index is 2.03. The first-order valence-electron chi connectivity index (χ1n) is 5.93. The van der Waals surface area contributed by atoms with Gasteiger partial charge in [-0.3, -0.25) is 0 Å². The van der Waals surface area contributed by atoms with Crippen molar-refractivity contribution in [1.82, 2.24) is 9.80 Å². The minimum absolute atomic E-state index is 0.471. The Hall–Kier alpha value is -1.37. The summed E-state index contributed by atoms with van der Waals surface area (Å²) in [4.78, 5) is 14.4. The van der Waals surface area contributed by atoms with Crippen molar-refractivity contribution in [2.75, 3.05) is 39.9 Å². The first-order valence-corrected chi connectivity index (χ1v) is 5.93. The highest BCUT2D eigenvalue weighted by molar-refractivity contribution is 5.79. The molecule has 2 heterocycles. The number of guanidine groups is 1. The quantitative estimate of drug-likeness (QED) is 0.522. The van der Waals surface area contributed by atoms with Crippen LogP contribution in [-0.2, 0) is 4.74 Å². The van der Waals surface area contributed by atoms with E-state index in [0.717, 1.165) is 45.7 Å². The van der Waals surface area contributed by atoms with Crippen molar-refractivity contribution in [3.8, 4) is 0 Å². The molecule has 0 aromatic heterocycles. The van der Waals surface area contributed by atoms with Crippen LogP contribution in [0.1, 0.15) is 12.8 Å². The van der Waals surface area contributed by atoms with Crippen LogP contribution < -0.4 is 0 Å². The lowest BCUT2D eigenvalue weighted by Crippen LogP contribution is -2.50. The van der Waals surface area contributed by atoms with Crippen LogP contribution in [0.2, 0.25) is 0 Å². The topological polar surface area (TPSA) is 71.2 Å². The summed E-state index contributed by atoms with van der Waals surface area (Å²) in [5.74, 6) is 0.951. The molecule has 0 amide bonds. The first kappa shape index (κ1) is 12.1. The average Bonchev–Trinajstić information content (AvgIpc) is 2.75. The summed E-state index contributed by atoms with van der Waals surface area (Å²) in [6, 6.07) is 0. The Morgan fingerprint density at radius 2 is 2.41 bits per heavy atom. The van der Waals surface area contributed by atoms with Gasteiger partial charge in [0.1, 0.15) is 5.10 Å². The van der Waals surface area contributed by atoms with Gasteiger partial charge in [-0.1, -0.05) is 0 Å². The third-order valence-corrected chi connectivity index (χ3v) is 3.22. The molecule has 0 spiro atoms. The zero-order valence-electron chi connectivity index (χ0n) is 10.0. The van der Waals surface area contributed by atoms with Crippen LogP contribution >= 0.6 is 0 Å². The molecule has 17 heavy (non-hydrogen) atoms. The summed E-state index contributed by atoms with van der Waals surface area (Å²) in [6.07, 6.45) is 2.05. The lowest BCUT2D eigenvalue weighted by Gasteiger charge is -2.36. The fourth-order valence-electron chi connectivity index (χ4n) is 2.36. The summed E-state index contributed by atoms with van der Waals surface area (Å²) in [6.45, 7) is 4.02. The Labute approximate surface area is 100 Å². The Bertz CT molecular complexity index is 315. The molecule has 2 fully saturated rings. The molecular weight excluding hydrogens is 224 g/mol. The summed E-state index contributed by atoms with van der Waals surface area (Å²) in [5, 5.41) is 13.4. The Morgan fingerprint density at radius 1 is 1.59 bits per heavy atom. The standard InChI is InChI=1S/C10H18N4O3/c1-12-4-2-5-13(10(12)11-14(15)16)7-9-3-6-17-8-9/h9H,2-8H2,1H3/b11-10+. The molecule has 0 aliphatic carbocycles. The van der Waals surface area contributed by atoms with Crippen molar-refractivity contribution in [1.29, 1.82) is 0 Å². The van der Waals surface area contributed by atoms with Crippen LogP contribution in [0.4, 0.5) is 0 Å². The van der Waals surface area contributed by atoms with E-state index in [2.05, 4.69) is 5.10 Å². The minimum Gasteiger partial charge on any atom is -0.381 e. The fraction of sp³-hybridized carbons (Fsp3) is 0.900. The van der Waals surface area contributed by atoms with Crippen molar-refractivity contribution in [3.63, 3.8) is 0 Å². The maximum Gasteiger partial charge on any atom is 0.273 e. The Kier molecular flexibility index (Phi) is 3.78. The molecule has 2 rings (SSSR count). The molecule has 7 heteroatoms. The molecule has 0 aromatic carbocycles. The SMILES string of the molecule is CN1CCCN(CC2CCOC2)/C1=N/[N+](=O)[O-]. The van der Waals surface area contributed by atoms with Crippen LogP contribution in [0.5, 0.6) is 0 Å². The van der Waals surface area contributed by atoms with E-state index in [1.165, 1.54) is 0 Å². The zero-order valence-corrected chi connectivity index (χ0v) is 10.0. The summed E-state index contributed by atoms with van der Waals surface area (Å²) in [5.41, 5.74) is 0. The normalized spacial score (nSPS) is 27.8. The van der Waals surface area contributed by atoms with E-state index in [1.807, 2.05) is 16.8 Å². The largest absolute Gasteiger partial charge is 0.381 e. The van der Waals surface area contributed by atoms with Gasteiger partial charge in [0.05, 0.1) is 6.61 Å². The lowest BCUT2D eigenvalue weighted by atomic mass is 10.1. The van der Waals surface area contributed by atoms with Gasteiger partial charge in [-0.05, 0) is 12.8 Å². The van der Waals surface area contributed by atoms with Gasteiger partial charge in [-0.25, -0.2) is 10.1 Å². The van der Waals surface area contributed by atoms with Gasteiger partial charge in [-0.15, -0.1) is 0 Å². The molecular formula is C10H18N4O3. The third-order valence-electron chi connectivity index (χ3n) is 3.22. The molecule has 2 saturated heterocycles. The molecule has 0 bridgehead atoms. The van der Waals surface area contributed by atoms with Gasteiger partial charge < -0.3 is 14.5 Å². The van der Waals surface area contributed by atoms with E-state index >= 15 is 0 Å². The van der Waals surface area contributed by atoms with E-state index in [9.17, 15) is 10.1 Å². The van der Waals surface area contributed by atoms with Gasteiger partial charge in [-0.2, -0.15) is 0 Å². The fourth-order valence-corrected chi connectivity index (χ4v) is 2.36. The van der Waals surface area contributed by atoms with Crippen molar-refractivity contribution in [2.24, 2.45) is 11.0 Å². The van der Waals surface area contributed by atoms with Crippen molar-refractivity contribution < 1.29 is 9.77 Å². The third kappa shape index (κ3) is 3.06. The van der Waals surface area contributed by atoms with Crippen molar-refractivity contribution in [2.45, 2.75) is 12.8 Å². The molecule has 7 nitrogen and oxygen atoms in total. The van der Waals surface area contributed by atoms with Crippen LogP contribution in [0.15, 0.2) is 5.10 Å². The molecule has 0 N–H and O–H groups in total. The van der Waals surface area contributed by atoms with Crippen molar-refractivity contribution >= 4 is 5.96 Å². The highest BCUT2D eigenvalue weighted by Crippen LogP contribution is 2.17. The second-order valence-corrected chi connectivity index (χ2v) is 4.59. The van der Waals surface area contributed by atoms with Crippen LogP contribution in [0, 0.1) is 16.0 Å². The van der Waals surface area contributed by atoms with Gasteiger partial charge in [0.15, 0.2) is 5.03 Å². The smallest absolute Gasteiger partial charge is 0.273 e. The zero-order chi connectivity index (χ0) is 12.3. The van der Waals surface area contributed by atoms with E-state index in [0.29, 0.717) is 11.9 Å². The average molecular weight is 242 g/mol. The highest BCUT2D eigenvalue weighted by Gasteiger charge is 2.27. The molecule has 1 unspecified atom stereocenters. The highest BCUT2D eigenvalue weighted by atomic mass is 16.7. The monoisotopic (exact) mass is 242 g/mol. The predicted octanol–water partition coefficient (Wildman–Crippen LogP) is 0.208. The molecule has 0 aromatic rings. The molecule has 1 atom stereocenters. The first-order chi connectivity index (χ1) is 8.16. The number of hydrogen-bond acceptors (Lipinski definition) is 3. The van der Waals surface area contributed by atoms with E-state index in [1.54, 1.807) is 0 Å². The summed E-state index contributed by atoms with van der Waals surface area (Å²) >= 11 is 0. The minimum atomic E-state index is -0.616. The van der Waals surface area contributed by atoms with E-state index < -0.39 is 5.03 Å². The molecule has 96 valence electrons. The van der Waals surface area contributed by atoms with Gasteiger partial charge >= 0.3 is 0 Å². The second kappa shape index (κ2) is 5.31. The maximum absolute atomic E-state index is 10.5. The predicted molar refractivity (Wildman–Crippen MR) is 62.2 cm³/mol. The van der Waals surface area contributed by atoms with Crippen LogP contribution in [0.25, 0.3) is 0 Å². The molecule has 0 saturated carbocycles. The summed E-state index contributed by atoms with van der Waals surface area (Å²) in [7, 11) is 1.85. The molecule has 2 aliphatic rings. The van der Waals surface area contributed by atoms with E-state index in [4.69, 9.17) is 4.74 Å². The van der Waals surface area contributed by atoms with Gasteiger partial charge in [0.2, 0.25) is 0 Å². The number of nitro groups is 1. The van der Waals surface area contributed by atoms with Gasteiger partial charge in [0.25, 0.3) is 5.96 Å². The van der Waals surface area contributed by atoms with Gasteiger partial charge in [0, 0.05) is 39.2 Å². The second-order valence-electron chi connectivity index (χ2n) is 4.59. The van der Waals surface area contributed by atoms with Crippen molar-refractivity contribution in [3.05, 3.63) is 10.1 Å². The number of nitrogens with zero attached hydrogens (tertiary/aromatic N) is 4. The van der Waals surface area contributed by atoms with E-state index in [-0.39, 0.29) is 0 Å². The maximum atomic E-state index is 10.5. The van der Waals surface area contributed by atoms with Crippen LogP contribution in [-0.4, -0.2) is 60.7 Å². The summed E-state index contributed by atoms with van der Waals surface area (Å²) < 4.78 is 5.33. The number of hydrazone groups is 1. The Morgan fingerprint density at radius 3 is 3.06 bits per heavy atom.